The number of hydrogen-bond donors (Lipinski definition) is 2. The summed E-state index contributed by atoms with van der Waals surface area (Å²) in [6, 6.07) is 4.27. The fourth-order valence-electron chi connectivity index (χ4n) is 1.54. The van der Waals surface area contributed by atoms with Crippen LogP contribution in [0.3, 0.4) is 0 Å². The fraction of sp³-hybridized carbons (Fsp3) is 0.0833. The van der Waals surface area contributed by atoms with Crippen LogP contribution in [-0.2, 0) is 0 Å². The van der Waals surface area contributed by atoms with E-state index in [0.717, 1.165) is 11.3 Å². The Hall–Kier alpha value is -2.81. The minimum absolute atomic E-state index is 0.0318. The molecular formula is C12H9N3O5S. The summed E-state index contributed by atoms with van der Waals surface area (Å²) in [6.07, 6.45) is 0. The first-order chi connectivity index (χ1) is 9.88. The Morgan fingerprint density at radius 1 is 1.43 bits per heavy atom. The Morgan fingerprint density at radius 2 is 2.14 bits per heavy atom. The van der Waals surface area contributed by atoms with Crippen LogP contribution in [0.25, 0.3) is 0 Å². The SMILES string of the molecule is Cc1ccc(NC(=O)c2nc(C(=O)O)cs2)cc1[N+](=O)[O-]. The Bertz CT molecular complexity index is 740. The van der Waals surface area contributed by atoms with E-state index in [0.29, 0.717) is 5.56 Å². The van der Waals surface area contributed by atoms with Crippen LogP contribution in [0.15, 0.2) is 23.6 Å². The van der Waals surface area contributed by atoms with Crippen molar-refractivity contribution in [1.82, 2.24) is 4.98 Å². The predicted octanol–water partition coefficient (Wildman–Crippen LogP) is 2.31. The van der Waals surface area contributed by atoms with Crippen LogP contribution in [0.5, 0.6) is 0 Å². The number of carbonyl (C=O) groups excluding carboxylic acids is 1. The third-order valence-corrected chi connectivity index (χ3v) is 3.42. The van der Waals surface area contributed by atoms with Crippen molar-refractivity contribution < 1.29 is 19.6 Å². The van der Waals surface area contributed by atoms with Gasteiger partial charge in [-0.1, -0.05) is 6.07 Å². The van der Waals surface area contributed by atoms with Crippen LogP contribution < -0.4 is 5.32 Å². The molecule has 0 atom stereocenters. The molecule has 1 heterocycles. The largest absolute Gasteiger partial charge is 0.476 e. The molecule has 0 aliphatic rings. The molecule has 0 unspecified atom stereocenters. The topological polar surface area (TPSA) is 122 Å². The Morgan fingerprint density at radius 3 is 2.71 bits per heavy atom. The number of anilines is 1. The molecule has 8 nitrogen and oxygen atoms in total. The fourth-order valence-corrected chi connectivity index (χ4v) is 2.23. The first-order valence-electron chi connectivity index (χ1n) is 5.63. The minimum Gasteiger partial charge on any atom is -0.476 e. The second-order valence-corrected chi connectivity index (χ2v) is 4.91. The quantitative estimate of drug-likeness (QED) is 0.660. The van der Waals surface area contributed by atoms with Gasteiger partial charge in [0.2, 0.25) is 0 Å². The lowest BCUT2D eigenvalue weighted by atomic mass is 10.2. The standard InChI is InChI=1S/C12H9N3O5S/c1-6-2-3-7(4-9(6)15(19)20)13-10(16)11-14-8(5-21-11)12(17)18/h2-5H,1H3,(H,13,16)(H,17,18). The second-order valence-electron chi connectivity index (χ2n) is 4.06. The number of carboxylic acid groups (broad SMARTS) is 1. The van der Waals surface area contributed by atoms with Crippen LogP contribution in [0, 0.1) is 17.0 Å². The van der Waals surface area contributed by atoms with E-state index in [9.17, 15) is 19.7 Å². The van der Waals surface area contributed by atoms with E-state index in [1.807, 2.05) is 0 Å². The number of hydrogen-bond acceptors (Lipinski definition) is 6. The zero-order valence-electron chi connectivity index (χ0n) is 10.7. The number of carbonyl (C=O) groups is 2. The highest BCUT2D eigenvalue weighted by Crippen LogP contribution is 2.23. The molecular weight excluding hydrogens is 298 g/mol. The van der Waals surface area contributed by atoms with Gasteiger partial charge in [-0.2, -0.15) is 0 Å². The number of nitro groups is 1. The molecule has 2 N–H and O–H groups in total. The van der Waals surface area contributed by atoms with Gasteiger partial charge in [-0.15, -0.1) is 11.3 Å². The number of amides is 1. The molecule has 0 radical (unpaired) electrons. The molecule has 1 amide bonds. The molecule has 0 fully saturated rings. The number of benzene rings is 1. The highest BCUT2D eigenvalue weighted by Gasteiger charge is 2.17. The molecule has 1 aromatic carbocycles. The molecule has 0 aliphatic carbocycles. The van der Waals surface area contributed by atoms with E-state index in [4.69, 9.17) is 5.11 Å². The molecule has 108 valence electrons. The Kier molecular flexibility index (Phi) is 3.94. The van der Waals surface area contributed by atoms with E-state index in [2.05, 4.69) is 10.3 Å². The van der Waals surface area contributed by atoms with Gasteiger partial charge in [-0.25, -0.2) is 9.78 Å². The highest BCUT2D eigenvalue weighted by atomic mass is 32.1. The number of nitrogens with one attached hydrogen (secondary N) is 1. The van der Waals surface area contributed by atoms with Crippen molar-refractivity contribution in [3.8, 4) is 0 Å². The smallest absolute Gasteiger partial charge is 0.355 e. The summed E-state index contributed by atoms with van der Waals surface area (Å²) < 4.78 is 0. The van der Waals surface area contributed by atoms with E-state index in [1.54, 1.807) is 6.92 Å². The lowest BCUT2D eigenvalue weighted by molar-refractivity contribution is -0.385. The van der Waals surface area contributed by atoms with Crippen LogP contribution >= 0.6 is 11.3 Å². The van der Waals surface area contributed by atoms with E-state index in [-0.39, 0.29) is 22.1 Å². The summed E-state index contributed by atoms with van der Waals surface area (Å²) in [5.74, 6) is -1.85. The van der Waals surface area contributed by atoms with Crippen molar-refractivity contribution in [2.75, 3.05) is 5.32 Å². The van der Waals surface area contributed by atoms with Crippen molar-refractivity contribution >= 4 is 34.6 Å². The van der Waals surface area contributed by atoms with Gasteiger partial charge in [0, 0.05) is 22.7 Å². The normalized spacial score (nSPS) is 10.1. The number of nitrogens with zero attached hydrogens (tertiary/aromatic N) is 2. The summed E-state index contributed by atoms with van der Waals surface area (Å²) in [7, 11) is 0. The van der Waals surface area contributed by atoms with Gasteiger partial charge in [-0.05, 0) is 13.0 Å². The molecule has 9 heteroatoms. The van der Waals surface area contributed by atoms with Crippen molar-refractivity contribution in [3.05, 3.63) is 50.0 Å². The molecule has 21 heavy (non-hydrogen) atoms. The molecule has 0 bridgehead atoms. The maximum absolute atomic E-state index is 11.9. The van der Waals surface area contributed by atoms with Crippen LogP contribution in [0.2, 0.25) is 0 Å². The van der Waals surface area contributed by atoms with E-state index >= 15 is 0 Å². The first-order valence-corrected chi connectivity index (χ1v) is 6.51. The average Bonchev–Trinajstić information content (AvgIpc) is 2.90. The predicted molar refractivity (Wildman–Crippen MR) is 74.9 cm³/mol. The Labute approximate surface area is 122 Å². The van der Waals surface area contributed by atoms with Crippen LogP contribution in [0.4, 0.5) is 11.4 Å². The minimum atomic E-state index is -1.23. The number of nitro benzene ring substituents is 1. The number of aromatic carboxylic acids is 1. The maximum Gasteiger partial charge on any atom is 0.355 e. The third kappa shape index (κ3) is 3.20. The summed E-state index contributed by atoms with van der Waals surface area (Å²) in [5, 5.41) is 23.2. The Balaban J connectivity index is 2.21. The van der Waals surface area contributed by atoms with Crippen LogP contribution in [-0.4, -0.2) is 26.9 Å². The molecule has 2 aromatic rings. The first kappa shape index (κ1) is 14.6. The summed E-state index contributed by atoms with van der Waals surface area (Å²) in [4.78, 5) is 36.5. The molecule has 0 saturated carbocycles. The third-order valence-electron chi connectivity index (χ3n) is 2.58. The number of rotatable bonds is 4. The van der Waals surface area contributed by atoms with Gasteiger partial charge in [0.1, 0.15) is 0 Å². The number of thiazole rings is 1. The summed E-state index contributed by atoms with van der Waals surface area (Å²) in [5.41, 5.74) is 0.378. The van der Waals surface area contributed by atoms with Gasteiger partial charge >= 0.3 is 5.97 Å². The van der Waals surface area contributed by atoms with E-state index in [1.165, 1.54) is 23.6 Å². The number of carboxylic acids is 1. The van der Waals surface area contributed by atoms with Gasteiger partial charge in [0.05, 0.1) is 4.92 Å². The number of aryl methyl sites for hydroxylation is 1. The molecule has 0 saturated heterocycles. The van der Waals surface area contributed by atoms with E-state index < -0.39 is 16.8 Å². The summed E-state index contributed by atoms with van der Waals surface area (Å²) in [6.45, 7) is 1.59. The zero-order chi connectivity index (χ0) is 15.6. The summed E-state index contributed by atoms with van der Waals surface area (Å²) >= 11 is 0.881. The highest BCUT2D eigenvalue weighted by molar-refractivity contribution is 7.12. The monoisotopic (exact) mass is 307 g/mol. The van der Waals surface area contributed by atoms with Gasteiger partial charge in [-0.3, -0.25) is 14.9 Å². The molecule has 2 rings (SSSR count). The average molecular weight is 307 g/mol. The lowest BCUT2D eigenvalue weighted by Gasteiger charge is -2.04. The van der Waals surface area contributed by atoms with Gasteiger partial charge in [0.25, 0.3) is 11.6 Å². The maximum atomic E-state index is 11.9. The van der Waals surface area contributed by atoms with Crippen molar-refractivity contribution in [1.29, 1.82) is 0 Å². The zero-order valence-corrected chi connectivity index (χ0v) is 11.5. The molecule has 1 aromatic heterocycles. The van der Waals surface area contributed by atoms with Crippen molar-refractivity contribution in [2.45, 2.75) is 6.92 Å². The lowest BCUT2D eigenvalue weighted by Crippen LogP contribution is -2.12. The second kappa shape index (κ2) is 5.67. The van der Waals surface area contributed by atoms with Gasteiger partial charge < -0.3 is 10.4 Å². The molecule has 0 spiro atoms. The van der Waals surface area contributed by atoms with Crippen molar-refractivity contribution in [3.63, 3.8) is 0 Å². The van der Waals surface area contributed by atoms with Crippen molar-refractivity contribution in [2.24, 2.45) is 0 Å². The van der Waals surface area contributed by atoms with Crippen LogP contribution in [0.1, 0.15) is 25.9 Å². The number of aromatic nitrogens is 1. The molecule has 0 aliphatic heterocycles. The van der Waals surface area contributed by atoms with Gasteiger partial charge in [0.15, 0.2) is 10.7 Å².